The molecule has 0 amide bonds. The van der Waals surface area contributed by atoms with E-state index in [1.807, 2.05) is 42.5 Å². The van der Waals surface area contributed by atoms with E-state index in [9.17, 15) is 4.79 Å². The van der Waals surface area contributed by atoms with Crippen molar-refractivity contribution in [1.82, 2.24) is 0 Å². The molecule has 0 saturated heterocycles. The van der Waals surface area contributed by atoms with Gasteiger partial charge < -0.3 is 9.47 Å². The minimum atomic E-state index is -0.117. The van der Waals surface area contributed by atoms with Crippen LogP contribution < -0.4 is 14.9 Å². The van der Waals surface area contributed by atoms with Gasteiger partial charge in [0.15, 0.2) is 11.5 Å². The summed E-state index contributed by atoms with van der Waals surface area (Å²) in [6.07, 6.45) is 3.34. The van der Waals surface area contributed by atoms with Crippen LogP contribution in [0, 0.1) is 0 Å². The number of benzene rings is 2. The third kappa shape index (κ3) is 2.57. The SMILES string of the molecule is O=C1C=Cc2ccccc2C1=NNc1ccc2c(c1)OCCO2. The van der Waals surface area contributed by atoms with E-state index in [1.165, 1.54) is 6.08 Å². The summed E-state index contributed by atoms with van der Waals surface area (Å²) in [6.45, 7) is 1.08. The van der Waals surface area contributed by atoms with Crippen LogP contribution in [0.5, 0.6) is 11.5 Å². The smallest absolute Gasteiger partial charge is 0.206 e. The van der Waals surface area contributed by atoms with Gasteiger partial charge in [0.1, 0.15) is 18.9 Å². The van der Waals surface area contributed by atoms with E-state index >= 15 is 0 Å². The van der Waals surface area contributed by atoms with Crippen LogP contribution in [-0.2, 0) is 4.79 Å². The monoisotopic (exact) mass is 306 g/mol. The first kappa shape index (κ1) is 13.6. The van der Waals surface area contributed by atoms with E-state index in [1.54, 1.807) is 6.08 Å². The average molecular weight is 306 g/mol. The highest BCUT2D eigenvalue weighted by molar-refractivity contribution is 6.52. The zero-order chi connectivity index (χ0) is 15.6. The average Bonchev–Trinajstić information content (AvgIpc) is 2.61. The quantitative estimate of drug-likeness (QED) is 0.867. The second-order valence-electron chi connectivity index (χ2n) is 5.22. The number of hydrogen-bond donors (Lipinski definition) is 1. The number of fused-ring (bicyclic) bond motifs is 2. The highest BCUT2D eigenvalue weighted by Gasteiger charge is 2.18. The summed E-state index contributed by atoms with van der Waals surface area (Å²) < 4.78 is 11.0. The molecule has 1 N–H and O–H groups in total. The molecule has 0 fully saturated rings. The van der Waals surface area contributed by atoms with Crippen molar-refractivity contribution in [3.8, 4) is 11.5 Å². The molecule has 0 radical (unpaired) electrons. The maximum absolute atomic E-state index is 12.1. The summed E-state index contributed by atoms with van der Waals surface area (Å²) in [5, 5.41) is 4.29. The van der Waals surface area contributed by atoms with Gasteiger partial charge >= 0.3 is 0 Å². The van der Waals surface area contributed by atoms with Gasteiger partial charge in [-0.15, -0.1) is 0 Å². The third-order valence-corrected chi connectivity index (χ3v) is 3.70. The number of allylic oxidation sites excluding steroid dienone is 1. The van der Waals surface area contributed by atoms with Gasteiger partial charge in [-0.2, -0.15) is 5.10 Å². The van der Waals surface area contributed by atoms with Gasteiger partial charge in [-0.25, -0.2) is 0 Å². The molecule has 4 rings (SSSR count). The van der Waals surface area contributed by atoms with E-state index in [2.05, 4.69) is 10.5 Å². The number of carbonyl (C=O) groups is 1. The summed E-state index contributed by atoms with van der Waals surface area (Å²) in [5.74, 6) is 1.28. The molecule has 2 aromatic rings. The highest BCUT2D eigenvalue weighted by Crippen LogP contribution is 2.32. The normalized spacial score (nSPS) is 17.0. The number of rotatable bonds is 2. The maximum Gasteiger partial charge on any atom is 0.206 e. The van der Waals surface area contributed by atoms with Gasteiger partial charge in [0.2, 0.25) is 5.78 Å². The van der Waals surface area contributed by atoms with Gasteiger partial charge in [-0.05, 0) is 23.8 Å². The van der Waals surface area contributed by atoms with Crippen molar-refractivity contribution in [3.05, 3.63) is 59.7 Å². The summed E-state index contributed by atoms with van der Waals surface area (Å²) >= 11 is 0. The number of ketones is 1. The molecule has 23 heavy (non-hydrogen) atoms. The fourth-order valence-electron chi connectivity index (χ4n) is 2.58. The molecule has 2 aromatic carbocycles. The van der Waals surface area contributed by atoms with Crippen molar-refractivity contribution in [3.63, 3.8) is 0 Å². The third-order valence-electron chi connectivity index (χ3n) is 3.70. The second-order valence-corrected chi connectivity index (χ2v) is 5.22. The first-order valence-electron chi connectivity index (χ1n) is 7.36. The van der Waals surface area contributed by atoms with Gasteiger partial charge in [0.05, 0.1) is 5.69 Å². The van der Waals surface area contributed by atoms with Crippen molar-refractivity contribution in [1.29, 1.82) is 0 Å². The predicted molar refractivity (Wildman–Crippen MR) is 88.1 cm³/mol. The maximum atomic E-state index is 12.1. The Kier molecular flexibility index (Phi) is 3.31. The molecular formula is C18H14N2O3. The van der Waals surface area contributed by atoms with E-state index in [0.717, 1.165) is 22.6 Å². The molecule has 114 valence electrons. The lowest BCUT2D eigenvalue weighted by molar-refractivity contribution is -0.108. The number of carbonyl (C=O) groups excluding carboxylic acids is 1. The Hall–Kier alpha value is -3.08. The van der Waals surface area contributed by atoms with Crippen molar-refractivity contribution < 1.29 is 14.3 Å². The van der Waals surface area contributed by atoms with Crippen LogP contribution in [0.4, 0.5) is 5.69 Å². The van der Waals surface area contributed by atoms with Crippen LogP contribution >= 0.6 is 0 Å². The van der Waals surface area contributed by atoms with Crippen molar-refractivity contribution >= 4 is 23.3 Å². The lowest BCUT2D eigenvalue weighted by Gasteiger charge is -2.18. The van der Waals surface area contributed by atoms with Gasteiger partial charge in [-0.1, -0.05) is 30.3 Å². The Morgan fingerprint density at radius 1 is 0.957 bits per heavy atom. The number of anilines is 1. The fourth-order valence-corrected chi connectivity index (χ4v) is 2.58. The topological polar surface area (TPSA) is 59.9 Å². The molecule has 0 spiro atoms. The van der Waals surface area contributed by atoms with Crippen LogP contribution in [0.3, 0.4) is 0 Å². The molecule has 5 heteroatoms. The number of hydrazone groups is 1. The lowest BCUT2D eigenvalue weighted by atomic mass is 9.95. The molecule has 0 unspecified atom stereocenters. The Morgan fingerprint density at radius 3 is 2.70 bits per heavy atom. The van der Waals surface area contributed by atoms with Gasteiger partial charge in [0, 0.05) is 11.6 Å². The first-order chi connectivity index (χ1) is 11.3. The largest absolute Gasteiger partial charge is 0.486 e. The molecule has 0 aromatic heterocycles. The Bertz CT molecular complexity index is 840. The van der Waals surface area contributed by atoms with E-state index in [4.69, 9.17) is 9.47 Å². The second kappa shape index (κ2) is 5.61. The summed E-state index contributed by atoms with van der Waals surface area (Å²) in [4.78, 5) is 12.1. The Balaban J connectivity index is 1.63. The minimum absolute atomic E-state index is 0.117. The number of ether oxygens (including phenoxy) is 2. The van der Waals surface area contributed by atoms with Crippen molar-refractivity contribution in [2.75, 3.05) is 18.6 Å². The summed E-state index contributed by atoms with van der Waals surface area (Å²) in [5.41, 5.74) is 5.88. The number of nitrogens with zero attached hydrogens (tertiary/aromatic N) is 1. The minimum Gasteiger partial charge on any atom is -0.486 e. The van der Waals surface area contributed by atoms with Crippen LogP contribution in [0.1, 0.15) is 11.1 Å². The lowest BCUT2D eigenvalue weighted by Crippen LogP contribution is -2.19. The summed E-state index contributed by atoms with van der Waals surface area (Å²) in [6, 6.07) is 13.2. The van der Waals surface area contributed by atoms with Gasteiger partial charge in [0.25, 0.3) is 0 Å². The molecular weight excluding hydrogens is 292 g/mol. The zero-order valence-electron chi connectivity index (χ0n) is 12.3. The van der Waals surface area contributed by atoms with Crippen LogP contribution in [0.25, 0.3) is 6.08 Å². The van der Waals surface area contributed by atoms with Crippen LogP contribution in [-0.4, -0.2) is 24.7 Å². The predicted octanol–water partition coefficient (Wildman–Crippen LogP) is 2.87. The fraction of sp³-hybridized carbons (Fsp3) is 0.111. The number of hydrogen-bond acceptors (Lipinski definition) is 5. The molecule has 0 saturated carbocycles. The van der Waals surface area contributed by atoms with Crippen molar-refractivity contribution in [2.24, 2.45) is 5.10 Å². The molecule has 0 bridgehead atoms. The first-order valence-corrected chi connectivity index (χ1v) is 7.36. The molecule has 1 aliphatic heterocycles. The van der Waals surface area contributed by atoms with Crippen LogP contribution in [0.15, 0.2) is 53.6 Å². The Morgan fingerprint density at radius 2 is 1.78 bits per heavy atom. The van der Waals surface area contributed by atoms with E-state index in [-0.39, 0.29) is 5.78 Å². The van der Waals surface area contributed by atoms with Crippen LogP contribution in [0.2, 0.25) is 0 Å². The number of nitrogens with one attached hydrogen (secondary N) is 1. The zero-order valence-corrected chi connectivity index (χ0v) is 12.3. The molecule has 5 nitrogen and oxygen atoms in total. The highest BCUT2D eigenvalue weighted by atomic mass is 16.6. The van der Waals surface area contributed by atoms with Crippen molar-refractivity contribution in [2.45, 2.75) is 0 Å². The van der Waals surface area contributed by atoms with E-state index in [0.29, 0.717) is 24.7 Å². The summed E-state index contributed by atoms with van der Waals surface area (Å²) in [7, 11) is 0. The molecule has 0 atom stereocenters. The molecule has 1 aliphatic carbocycles. The van der Waals surface area contributed by atoms with Gasteiger partial charge in [-0.3, -0.25) is 10.2 Å². The molecule has 2 aliphatic rings. The molecule has 1 heterocycles. The standard InChI is InChI=1S/C18H14N2O3/c21-15-7-5-12-3-1-2-4-14(12)18(15)20-19-13-6-8-16-17(11-13)23-10-9-22-16/h1-8,11,19H,9-10H2. The van der Waals surface area contributed by atoms with E-state index < -0.39 is 0 Å². The Labute approximate surface area is 133 Å².